The molecule has 0 saturated heterocycles. The SMILES string of the molecule is O=C1C(F)=CC(Cc2ccc(Br)cc2)C(=O)N1Cc1ccc(Br)cc1. The first kappa shape index (κ1) is 18.0. The van der Waals surface area contributed by atoms with Crippen molar-refractivity contribution in [1.82, 2.24) is 4.90 Å². The number of amides is 2. The molecule has 3 rings (SSSR count). The number of hydrogen-bond acceptors (Lipinski definition) is 2. The van der Waals surface area contributed by atoms with E-state index >= 15 is 0 Å². The Morgan fingerprint density at radius 2 is 1.40 bits per heavy atom. The summed E-state index contributed by atoms with van der Waals surface area (Å²) in [6, 6.07) is 14.7. The minimum Gasteiger partial charge on any atom is -0.274 e. The minimum absolute atomic E-state index is 0.0586. The molecule has 3 nitrogen and oxygen atoms in total. The van der Waals surface area contributed by atoms with Gasteiger partial charge in [-0.3, -0.25) is 14.5 Å². The second kappa shape index (κ2) is 7.62. The Kier molecular flexibility index (Phi) is 5.49. The van der Waals surface area contributed by atoms with Gasteiger partial charge in [-0.25, -0.2) is 4.39 Å². The van der Waals surface area contributed by atoms with Gasteiger partial charge in [-0.15, -0.1) is 0 Å². The van der Waals surface area contributed by atoms with Gasteiger partial charge in [-0.1, -0.05) is 56.1 Å². The average Bonchev–Trinajstić information content (AvgIpc) is 2.60. The van der Waals surface area contributed by atoms with E-state index in [0.29, 0.717) is 6.42 Å². The van der Waals surface area contributed by atoms with Crippen LogP contribution in [0.5, 0.6) is 0 Å². The van der Waals surface area contributed by atoms with Gasteiger partial charge in [0.1, 0.15) is 0 Å². The summed E-state index contributed by atoms with van der Waals surface area (Å²) in [5, 5.41) is 0. The fourth-order valence-electron chi connectivity index (χ4n) is 2.69. The molecule has 0 aromatic heterocycles. The molecule has 2 aromatic carbocycles. The molecular weight excluding hydrogens is 453 g/mol. The highest BCUT2D eigenvalue weighted by molar-refractivity contribution is 9.10. The quantitative estimate of drug-likeness (QED) is 0.607. The van der Waals surface area contributed by atoms with Crippen molar-refractivity contribution in [3.63, 3.8) is 0 Å². The zero-order valence-corrected chi connectivity index (χ0v) is 16.3. The Balaban J connectivity index is 1.81. The predicted octanol–water partition coefficient (Wildman–Crippen LogP) is 4.79. The molecule has 1 unspecified atom stereocenters. The van der Waals surface area contributed by atoms with Gasteiger partial charge in [-0.2, -0.15) is 0 Å². The first-order valence-corrected chi connectivity index (χ1v) is 9.24. The number of rotatable bonds is 4. The van der Waals surface area contributed by atoms with E-state index in [0.717, 1.165) is 31.0 Å². The second-order valence-electron chi connectivity index (χ2n) is 5.81. The van der Waals surface area contributed by atoms with Crippen LogP contribution in [-0.4, -0.2) is 16.7 Å². The van der Waals surface area contributed by atoms with Crippen molar-refractivity contribution in [2.45, 2.75) is 13.0 Å². The second-order valence-corrected chi connectivity index (χ2v) is 7.64. The molecule has 25 heavy (non-hydrogen) atoms. The van der Waals surface area contributed by atoms with E-state index in [4.69, 9.17) is 0 Å². The lowest BCUT2D eigenvalue weighted by molar-refractivity contribution is -0.147. The topological polar surface area (TPSA) is 37.4 Å². The van der Waals surface area contributed by atoms with Crippen LogP contribution >= 0.6 is 31.9 Å². The van der Waals surface area contributed by atoms with E-state index in [1.807, 2.05) is 36.4 Å². The number of nitrogens with zero attached hydrogens (tertiary/aromatic N) is 1. The molecular formula is C19H14Br2FNO2. The molecule has 1 atom stereocenters. The maximum atomic E-state index is 14.1. The first-order chi connectivity index (χ1) is 11.9. The van der Waals surface area contributed by atoms with Gasteiger partial charge in [0.15, 0.2) is 5.83 Å². The van der Waals surface area contributed by atoms with Crippen LogP contribution in [0.2, 0.25) is 0 Å². The van der Waals surface area contributed by atoms with E-state index in [2.05, 4.69) is 31.9 Å². The third-order valence-electron chi connectivity index (χ3n) is 4.00. The summed E-state index contributed by atoms with van der Waals surface area (Å²) in [4.78, 5) is 25.8. The van der Waals surface area contributed by atoms with Crippen LogP contribution < -0.4 is 0 Å². The zero-order valence-electron chi connectivity index (χ0n) is 13.1. The third kappa shape index (κ3) is 4.25. The molecule has 1 heterocycles. The molecule has 0 saturated carbocycles. The Hall–Kier alpha value is -1.79. The number of imide groups is 1. The maximum Gasteiger partial charge on any atom is 0.289 e. The van der Waals surface area contributed by atoms with Crippen molar-refractivity contribution >= 4 is 43.7 Å². The van der Waals surface area contributed by atoms with Gasteiger partial charge < -0.3 is 0 Å². The van der Waals surface area contributed by atoms with Crippen LogP contribution in [0.1, 0.15) is 11.1 Å². The third-order valence-corrected chi connectivity index (χ3v) is 5.06. The summed E-state index contributed by atoms with van der Waals surface area (Å²) in [5.74, 6) is -2.81. The summed E-state index contributed by atoms with van der Waals surface area (Å²) >= 11 is 6.69. The van der Waals surface area contributed by atoms with Crippen molar-refractivity contribution in [3.05, 3.63) is 80.5 Å². The van der Waals surface area contributed by atoms with Gasteiger partial charge in [0, 0.05) is 8.95 Å². The Bertz CT molecular complexity index is 832. The van der Waals surface area contributed by atoms with Gasteiger partial charge in [0.25, 0.3) is 5.91 Å². The van der Waals surface area contributed by atoms with Gasteiger partial charge in [0.05, 0.1) is 12.5 Å². The smallest absolute Gasteiger partial charge is 0.274 e. The molecule has 0 spiro atoms. The molecule has 0 fully saturated rings. The maximum absolute atomic E-state index is 14.1. The van der Waals surface area contributed by atoms with Crippen LogP contribution in [0.25, 0.3) is 0 Å². The Labute approximate surface area is 161 Å². The summed E-state index contributed by atoms with van der Waals surface area (Å²) in [7, 11) is 0. The lowest BCUT2D eigenvalue weighted by atomic mass is 9.94. The molecule has 0 bridgehead atoms. The Morgan fingerprint density at radius 3 is 1.96 bits per heavy atom. The van der Waals surface area contributed by atoms with Gasteiger partial charge >= 0.3 is 0 Å². The van der Waals surface area contributed by atoms with Crippen molar-refractivity contribution < 1.29 is 14.0 Å². The van der Waals surface area contributed by atoms with E-state index in [9.17, 15) is 14.0 Å². The largest absolute Gasteiger partial charge is 0.289 e. The van der Waals surface area contributed by atoms with Crippen molar-refractivity contribution in [3.8, 4) is 0 Å². The molecule has 1 aliphatic heterocycles. The highest BCUT2D eigenvalue weighted by atomic mass is 79.9. The van der Waals surface area contributed by atoms with Gasteiger partial charge in [-0.05, 0) is 47.9 Å². The zero-order chi connectivity index (χ0) is 18.0. The summed E-state index contributed by atoms with van der Waals surface area (Å²) < 4.78 is 15.9. The molecule has 0 N–H and O–H groups in total. The van der Waals surface area contributed by atoms with E-state index in [1.54, 1.807) is 12.1 Å². The van der Waals surface area contributed by atoms with E-state index in [-0.39, 0.29) is 12.5 Å². The standard InChI is InChI=1S/C19H14Br2FNO2/c20-15-5-1-12(2-6-15)9-14-10-17(22)19(25)23(18(14)24)11-13-3-7-16(21)8-4-13/h1-8,10,14H,9,11H2. The van der Waals surface area contributed by atoms with E-state index in [1.165, 1.54) is 0 Å². The van der Waals surface area contributed by atoms with Crippen LogP contribution in [0.15, 0.2) is 69.4 Å². The molecule has 2 amide bonds. The van der Waals surface area contributed by atoms with Gasteiger partial charge in [0.2, 0.25) is 5.91 Å². The number of halogens is 3. The fraction of sp³-hybridized carbons (Fsp3) is 0.158. The molecule has 6 heteroatoms. The fourth-order valence-corrected chi connectivity index (χ4v) is 3.22. The molecule has 128 valence electrons. The molecule has 2 aromatic rings. The number of hydrogen-bond donors (Lipinski definition) is 0. The summed E-state index contributed by atoms with van der Waals surface area (Å²) in [6.07, 6.45) is 1.48. The van der Waals surface area contributed by atoms with Crippen molar-refractivity contribution in [1.29, 1.82) is 0 Å². The van der Waals surface area contributed by atoms with Crippen LogP contribution in [-0.2, 0) is 22.6 Å². The monoisotopic (exact) mass is 465 g/mol. The predicted molar refractivity (Wildman–Crippen MR) is 100 cm³/mol. The van der Waals surface area contributed by atoms with Crippen LogP contribution in [0.4, 0.5) is 4.39 Å². The average molecular weight is 467 g/mol. The van der Waals surface area contributed by atoms with E-state index < -0.39 is 17.7 Å². The highest BCUT2D eigenvalue weighted by Gasteiger charge is 2.35. The number of carbonyl (C=O) groups excluding carboxylic acids is 2. The first-order valence-electron chi connectivity index (χ1n) is 7.66. The molecule has 0 radical (unpaired) electrons. The molecule has 0 aliphatic carbocycles. The lowest BCUT2D eigenvalue weighted by Crippen LogP contribution is -2.44. The van der Waals surface area contributed by atoms with Crippen LogP contribution in [0.3, 0.4) is 0 Å². The minimum atomic E-state index is -0.876. The normalized spacial score (nSPS) is 17.6. The lowest BCUT2D eigenvalue weighted by Gasteiger charge is -2.28. The summed E-state index contributed by atoms with van der Waals surface area (Å²) in [5.41, 5.74) is 1.67. The van der Waals surface area contributed by atoms with Crippen molar-refractivity contribution in [2.75, 3.05) is 0 Å². The highest BCUT2D eigenvalue weighted by Crippen LogP contribution is 2.25. The van der Waals surface area contributed by atoms with Crippen LogP contribution in [0, 0.1) is 5.92 Å². The molecule has 1 aliphatic rings. The van der Waals surface area contributed by atoms with Crippen molar-refractivity contribution in [2.24, 2.45) is 5.92 Å². The number of benzene rings is 2. The Morgan fingerprint density at radius 1 is 0.880 bits per heavy atom. The number of carbonyl (C=O) groups is 2. The summed E-state index contributed by atoms with van der Waals surface area (Å²) in [6.45, 7) is 0.0586.